The second kappa shape index (κ2) is 16.1. The highest BCUT2D eigenvalue weighted by atomic mass is 19.1. The Hall–Kier alpha value is -8.43. The molecule has 0 spiro atoms. The van der Waals surface area contributed by atoms with Gasteiger partial charge in [0.2, 0.25) is 0 Å². The Morgan fingerprint density at radius 3 is 1.69 bits per heavy atom. The number of fused-ring (bicyclic) bond motifs is 3. The largest absolute Gasteiger partial charge is 0.333 e. The second-order valence-electron chi connectivity index (χ2n) is 15.6. The summed E-state index contributed by atoms with van der Waals surface area (Å²) in [5, 5.41) is 2.01. The first kappa shape index (κ1) is 38.5. The van der Waals surface area contributed by atoms with Crippen LogP contribution >= 0.6 is 0 Å². The molecule has 1 unspecified atom stereocenters. The Balaban J connectivity index is 1.18. The second-order valence-corrected chi connectivity index (χ2v) is 15.6. The maximum atomic E-state index is 15.7. The van der Waals surface area contributed by atoms with Gasteiger partial charge in [0.05, 0.1) is 16.7 Å². The van der Waals surface area contributed by atoms with E-state index in [1.807, 2.05) is 134 Å². The lowest BCUT2D eigenvalue weighted by molar-refractivity contribution is 0.383. The van der Waals surface area contributed by atoms with E-state index in [1.165, 1.54) is 12.1 Å². The van der Waals surface area contributed by atoms with Crippen LogP contribution in [0.25, 0.3) is 72.8 Å². The van der Waals surface area contributed by atoms with Crippen LogP contribution in [0.1, 0.15) is 22.9 Å². The SMILES string of the molecule is CN1C(c2ccccc2)=NC(c2ccc3c4ccccc4n(-c4cc(-c5ccc(F)cc5F)ccc4-c4nc(-c5ccccc5)nc(-c5ccccc5)n4)c3c2)=NC1c1ccccc1. The molecule has 0 bridgehead atoms. The summed E-state index contributed by atoms with van der Waals surface area (Å²) in [6, 6.07) is 63.9. The Bertz CT molecular complexity index is 3370. The molecule has 11 rings (SSSR count). The van der Waals surface area contributed by atoms with Gasteiger partial charge >= 0.3 is 0 Å². The molecule has 0 radical (unpaired) electrons. The molecule has 0 N–H and O–H groups in total. The van der Waals surface area contributed by atoms with Crippen molar-refractivity contribution in [3.05, 3.63) is 229 Å². The van der Waals surface area contributed by atoms with Crippen molar-refractivity contribution in [2.75, 3.05) is 7.05 Å². The van der Waals surface area contributed by atoms with Crippen molar-refractivity contribution < 1.29 is 8.78 Å². The van der Waals surface area contributed by atoms with Gasteiger partial charge in [-0.05, 0) is 47.5 Å². The number of para-hydroxylation sites is 1. The maximum absolute atomic E-state index is 15.7. The Morgan fingerprint density at radius 1 is 0.453 bits per heavy atom. The van der Waals surface area contributed by atoms with Crippen LogP contribution in [-0.4, -0.2) is 43.1 Å². The van der Waals surface area contributed by atoms with Gasteiger partial charge in [-0.3, -0.25) is 0 Å². The van der Waals surface area contributed by atoms with Gasteiger partial charge in [0.1, 0.15) is 23.6 Å². The summed E-state index contributed by atoms with van der Waals surface area (Å²) in [6.45, 7) is 0. The molecule has 9 heteroatoms. The highest BCUT2D eigenvalue weighted by molar-refractivity contribution is 6.16. The molecule has 1 atom stereocenters. The van der Waals surface area contributed by atoms with Gasteiger partial charge in [0, 0.05) is 57.3 Å². The average molecular weight is 834 g/mol. The van der Waals surface area contributed by atoms with Gasteiger partial charge in [0.25, 0.3) is 0 Å². The number of hydrogen-bond acceptors (Lipinski definition) is 6. The number of aromatic nitrogens is 4. The van der Waals surface area contributed by atoms with Crippen LogP contribution in [0.4, 0.5) is 8.78 Å². The fourth-order valence-electron chi connectivity index (χ4n) is 8.54. The molecule has 10 aromatic rings. The van der Waals surface area contributed by atoms with Crippen molar-refractivity contribution in [2.24, 2.45) is 9.98 Å². The van der Waals surface area contributed by atoms with E-state index >= 15 is 4.39 Å². The van der Waals surface area contributed by atoms with Gasteiger partial charge in [0.15, 0.2) is 23.3 Å². The summed E-state index contributed by atoms with van der Waals surface area (Å²) in [5.41, 5.74) is 8.47. The van der Waals surface area contributed by atoms with Crippen LogP contribution < -0.4 is 0 Å². The summed E-state index contributed by atoms with van der Waals surface area (Å²) in [5.74, 6) is 1.52. The molecule has 0 saturated carbocycles. The van der Waals surface area contributed by atoms with Crippen LogP contribution in [0, 0.1) is 11.6 Å². The van der Waals surface area contributed by atoms with E-state index in [9.17, 15) is 4.39 Å². The summed E-state index contributed by atoms with van der Waals surface area (Å²) in [4.78, 5) is 27.9. The zero-order chi connectivity index (χ0) is 43.1. The predicted octanol–water partition coefficient (Wildman–Crippen LogP) is 12.8. The number of hydrogen-bond donors (Lipinski definition) is 0. The molecule has 1 aliphatic rings. The minimum Gasteiger partial charge on any atom is -0.333 e. The van der Waals surface area contributed by atoms with Crippen molar-refractivity contribution in [1.82, 2.24) is 24.4 Å². The number of amidine groups is 2. The van der Waals surface area contributed by atoms with Crippen LogP contribution in [-0.2, 0) is 0 Å². The van der Waals surface area contributed by atoms with Crippen LogP contribution in [0.15, 0.2) is 210 Å². The molecule has 64 heavy (non-hydrogen) atoms. The monoisotopic (exact) mass is 833 g/mol. The van der Waals surface area contributed by atoms with E-state index in [1.54, 1.807) is 0 Å². The molecule has 0 saturated heterocycles. The van der Waals surface area contributed by atoms with Crippen molar-refractivity contribution in [3.63, 3.8) is 0 Å². The molecule has 0 aliphatic carbocycles. The molecule has 2 aromatic heterocycles. The van der Waals surface area contributed by atoms with Gasteiger partial charge in [-0.15, -0.1) is 0 Å². The van der Waals surface area contributed by atoms with E-state index < -0.39 is 11.6 Å². The first-order valence-electron chi connectivity index (χ1n) is 21.0. The number of nitrogens with zero attached hydrogens (tertiary/aromatic N) is 7. The van der Waals surface area contributed by atoms with Crippen LogP contribution in [0.2, 0.25) is 0 Å². The third-order valence-electron chi connectivity index (χ3n) is 11.6. The number of rotatable bonds is 8. The first-order chi connectivity index (χ1) is 31.5. The van der Waals surface area contributed by atoms with E-state index in [-0.39, 0.29) is 11.7 Å². The average Bonchev–Trinajstić information content (AvgIpc) is 3.68. The van der Waals surface area contributed by atoms with Crippen LogP contribution in [0.5, 0.6) is 0 Å². The van der Waals surface area contributed by atoms with Gasteiger partial charge in [-0.2, -0.15) is 0 Å². The van der Waals surface area contributed by atoms with Crippen molar-refractivity contribution in [3.8, 4) is 51.0 Å². The molecular weight excluding hydrogens is 797 g/mol. The molecule has 1 aliphatic heterocycles. The lowest BCUT2D eigenvalue weighted by Gasteiger charge is -2.32. The zero-order valence-corrected chi connectivity index (χ0v) is 34.5. The molecule has 7 nitrogen and oxygen atoms in total. The summed E-state index contributed by atoms with van der Waals surface area (Å²) in [7, 11) is 2.02. The quantitative estimate of drug-likeness (QED) is 0.153. The molecule has 306 valence electrons. The Labute approximate surface area is 368 Å². The zero-order valence-electron chi connectivity index (χ0n) is 34.5. The normalized spacial score (nSPS) is 13.9. The third-order valence-corrected chi connectivity index (χ3v) is 11.6. The lowest BCUT2D eigenvalue weighted by atomic mass is 10.0. The molecule has 0 fully saturated rings. The van der Waals surface area contributed by atoms with Crippen molar-refractivity contribution >= 4 is 33.5 Å². The topological polar surface area (TPSA) is 71.6 Å². The van der Waals surface area contributed by atoms with E-state index in [0.29, 0.717) is 40.1 Å². The standard InChI is InChI=1S/C55H37F2N7/c1-63-54(37-20-10-4-11-21-37)61-52(62-55(63)38-22-12-5-13-23-38)40-27-29-44-43-24-14-15-25-47(43)64(48(44)33-40)49-32-39(42-31-28-41(56)34-46(42)57)26-30-45(49)53-59-50(35-16-6-2-7-17-35)58-51(60-53)36-18-8-3-9-19-36/h2-34,54H,1H3. The van der Waals surface area contributed by atoms with Gasteiger partial charge in [-0.1, -0.05) is 158 Å². The number of benzene rings is 8. The van der Waals surface area contributed by atoms with E-state index in [4.69, 9.17) is 24.9 Å². The fourth-order valence-corrected chi connectivity index (χ4v) is 8.54. The van der Waals surface area contributed by atoms with Crippen molar-refractivity contribution in [1.29, 1.82) is 0 Å². The van der Waals surface area contributed by atoms with E-state index in [0.717, 1.165) is 61.5 Å². The summed E-state index contributed by atoms with van der Waals surface area (Å²) >= 11 is 0. The Morgan fingerprint density at radius 2 is 1.02 bits per heavy atom. The molecule has 8 aromatic carbocycles. The summed E-state index contributed by atoms with van der Waals surface area (Å²) < 4.78 is 32.2. The lowest BCUT2D eigenvalue weighted by Crippen LogP contribution is -2.35. The molecule has 3 heterocycles. The highest BCUT2D eigenvalue weighted by Crippen LogP contribution is 2.40. The fraction of sp³-hybridized carbons (Fsp3) is 0.0364. The predicted molar refractivity (Wildman–Crippen MR) is 252 cm³/mol. The van der Waals surface area contributed by atoms with Crippen molar-refractivity contribution in [2.45, 2.75) is 6.17 Å². The third kappa shape index (κ3) is 6.99. The maximum Gasteiger partial charge on any atom is 0.166 e. The van der Waals surface area contributed by atoms with Crippen LogP contribution in [0.3, 0.4) is 0 Å². The smallest absolute Gasteiger partial charge is 0.166 e. The Kier molecular flexibility index (Phi) is 9.69. The highest BCUT2D eigenvalue weighted by Gasteiger charge is 2.28. The minimum atomic E-state index is -0.665. The van der Waals surface area contributed by atoms with Gasteiger partial charge < -0.3 is 9.47 Å². The molecular formula is C55H37F2N7. The first-order valence-corrected chi connectivity index (χ1v) is 21.0. The number of aliphatic imine (C=N–C) groups is 2. The molecule has 0 amide bonds. The summed E-state index contributed by atoms with van der Waals surface area (Å²) in [6.07, 6.45) is -0.333. The number of halogens is 2. The van der Waals surface area contributed by atoms with Gasteiger partial charge in [-0.25, -0.2) is 33.7 Å². The minimum absolute atomic E-state index is 0.261. The van der Waals surface area contributed by atoms with E-state index in [2.05, 4.69) is 64.1 Å².